The van der Waals surface area contributed by atoms with Gasteiger partial charge in [0.15, 0.2) is 28.8 Å². The van der Waals surface area contributed by atoms with E-state index in [4.69, 9.17) is 23.7 Å². The van der Waals surface area contributed by atoms with E-state index >= 15 is 0 Å². The summed E-state index contributed by atoms with van der Waals surface area (Å²) in [6, 6.07) is 14.8. The third-order valence-electron chi connectivity index (χ3n) is 6.22. The van der Waals surface area contributed by atoms with Gasteiger partial charge in [-0.25, -0.2) is 0 Å². The number of hydrogen-bond acceptors (Lipinski definition) is 8. The number of anilines is 1. The lowest BCUT2D eigenvalue weighted by atomic mass is 10.0. The van der Waals surface area contributed by atoms with Crippen LogP contribution in [0.1, 0.15) is 22.8 Å². The van der Waals surface area contributed by atoms with Gasteiger partial charge < -0.3 is 33.6 Å². The van der Waals surface area contributed by atoms with E-state index < -0.39 is 11.2 Å². The normalized spacial score (nSPS) is 13.0. The first-order valence-electron chi connectivity index (χ1n) is 11.9. The predicted octanol–water partition coefficient (Wildman–Crippen LogP) is 3.73. The minimum absolute atomic E-state index is 0.0163. The minimum atomic E-state index is -0.470. The second-order valence-corrected chi connectivity index (χ2v) is 8.63. The molecule has 1 amide bonds. The van der Waals surface area contributed by atoms with Gasteiger partial charge in [-0.3, -0.25) is 14.4 Å². The maximum absolute atomic E-state index is 13.5. The van der Waals surface area contributed by atoms with Crippen molar-refractivity contribution in [1.29, 1.82) is 0 Å². The molecule has 0 atom stereocenters. The number of nitrogens with zero attached hydrogens (tertiary/aromatic N) is 1. The predicted molar refractivity (Wildman–Crippen MR) is 137 cm³/mol. The molecule has 1 aromatic heterocycles. The number of rotatable bonds is 7. The van der Waals surface area contributed by atoms with E-state index in [2.05, 4.69) is 5.32 Å². The van der Waals surface area contributed by atoms with Crippen molar-refractivity contribution in [2.45, 2.75) is 13.5 Å². The van der Waals surface area contributed by atoms with Gasteiger partial charge >= 0.3 is 0 Å². The fourth-order valence-corrected chi connectivity index (χ4v) is 4.43. The van der Waals surface area contributed by atoms with Crippen molar-refractivity contribution in [3.05, 3.63) is 82.1 Å². The van der Waals surface area contributed by atoms with Gasteiger partial charge in [0.1, 0.15) is 12.3 Å². The molecule has 2 aliphatic heterocycles. The number of hydrogen-bond donors (Lipinski definition) is 1. The SMILES string of the molecule is CCOc1ccc(C(=O)c2cn(CC(=O)Nc3ccc4c(c3)OCO4)c3cc4c(cc3c2=O)OCO4)cc1. The molecule has 10 nitrogen and oxygen atoms in total. The van der Waals surface area contributed by atoms with E-state index in [0.717, 1.165) is 0 Å². The second kappa shape index (κ2) is 9.47. The molecule has 6 rings (SSSR count). The van der Waals surface area contributed by atoms with Crippen LogP contribution in [-0.2, 0) is 11.3 Å². The zero-order valence-electron chi connectivity index (χ0n) is 20.3. The lowest BCUT2D eigenvalue weighted by Gasteiger charge is -2.14. The summed E-state index contributed by atoms with van der Waals surface area (Å²) in [7, 11) is 0. The Morgan fingerprint density at radius 3 is 2.32 bits per heavy atom. The first-order valence-corrected chi connectivity index (χ1v) is 11.9. The Morgan fingerprint density at radius 1 is 0.895 bits per heavy atom. The van der Waals surface area contributed by atoms with Gasteiger partial charge in [0.2, 0.25) is 24.9 Å². The van der Waals surface area contributed by atoms with Crippen molar-refractivity contribution in [2.24, 2.45) is 0 Å². The number of pyridine rings is 1. The van der Waals surface area contributed by atoms with Crippen molar-refractivity contribution >= 4 is 28.3 Å². The van der Waals surface area contributed by atoms with Crippen molar-refractivity contribution in [3.63, 3.8) is 0 Å². The average Bonchev–Trinajstić information content (AvgIpc) is 3.58. The Hall–Kier alpha value is -4.99. The number of carbonyl (C=O) groups excluding carboxylic acids is 2. The summed E-state index contributed by atoms with van der Waals surface area (Å²) in [5.74, 6) is 1.76. The van der Waals surface area contributed by atoms with Crippen LogP contribution in [0.2, 0.25) is 0 Å². The van der Waals surface area contributed by atoms with Crippen molar-refractivity contribution < 1.29 is 33.3 Å². The standard InChI is InChI=1S/C28H22N2O8/c1-2-34-18-6-3-16(4-7-18)27(32)20-12-30(21-11-25-24(37-15-38-25)10-19(21)28(20)33)13-26(31)29-17-5-8-22-23(9-17)36-14-35-22/h3-12H,2,13-15H2,1H3,(H,29,31). The van der Waals surface area contributed by atoms with Crippen LogP contribution < -0.4 is 34.4 Å². The number of ketones is 1. The van der Waals surface area contributed by atoms with Crippen LogP contribution in [0, 0.1) is 0 Å². The van der Waals surface area contributed by atoms with E-state index in [1.807, 2.05) is 6.92 Å². The number of carbonyl (C=O) groups is 2. The van der Waals surface area contributed by atoms with Gasteiger partial charge in [0, 0.05) is 29.6 Å². The summed E-state index contributed by atoms with van der Waals surface area (Å²) < 4.78 is 28.6. The zero-order chi connectivity index (χ0) is 26.2. The van der Waals surface area contributed by atoms with Crippen LogP contribution >= 0.6 is 0 Å². The number of fused-ring (bicyclic) bond motifs is 3. The summed E-state index contributed by atoms with van der Waals surface area (Å²) in [5.41, 5.74) is 0.735. The lowest BCUT2D eigenvalue weighted by molar-refractivity contribution is -0.116. The summed E-state index contributed by atoms with van der Waals surface area (Å²) in [4.78, 5) is 39.9. The monoisotopic (exact) mass is 514 g/mol. The minimum Gasteiger partial charge on any atom is -0.494 e. The average molecular weight is 514 g/mol. The Balaban J connectivity index is 1.37. The second-order valence-electron chi connectivity index (χ2n) is 8.63. The number of benzene rings is 3. The quantitative estimate of drug-likeness (QED) is 0.371. The molecule has 0 aliphatic carbocycles. The van der Waals surface area contributed by atoms with Crippen molar-refractivity contribution in [1.82, 2.24) is 4.57 Å². The molecule has 0 spiro atoms. The molecule has 0 radical (unpaired) electrons. The molecule has 4 aromatic rings. The van der Waals surface area contributed by atoms with Crippen molar-refractivity contribution in [3.8, 4) is 28.7 Å². The molecule has 0 bridgehead atoms. The van der Waals surface area contributed by atoms with Gasteiger partial charge in [0.25, 0.3) is 0 Å². The highest BCUT2D eigenvalue weighted by molar-refractivity contribution is 6.10. The van der Waals surface area contributed by atoms with Gasteiger partial charge in [-0.1, -0.05) is 0 Å². The zero-order valence-corrected chi connectivity index (χ0v) is 20.3. The van der Waals surface area contributed by atoms with Crippen LogP contribution in [0.3, 0.4) is 0 Å². The molecule has 3 aromatic carbocycles. The molecule has 0 saturated heterocycles. The number of nitrogens with one attached hydrogen (secondary N) is 1. The van der Waals surface area contributed by atoms with E-state index in [9.17, 15) is 14.4 Å². The smallest absolute Gasteiger partial charge is 0.244 e. The maximum Gasteiger partial charge on any atom is 0.244 e. The van der Waals surface area contributed by atoms with Gasteiger partial charge in [-0.2, -0.15) is 0 Å². The van der Waals surface area contributed by atoms with Crippen LogP contribution in [-0.4, -0.2) is 36.5 Å². The topological polar surface area (TPSA) is 114 Å². The van der Waals surface area contributed by atoms with Crippen LogP contribution in [0.15, 0.2) is 65.6 Å². The molecule has 0 saturated carbocycles. The molecule has 3 heterocycles. The maximum atomic E-state index is 13.5. The van der Waals surface area contributed by atoms with E-state index in [-0.39, 0.29) is 37.0 Å². The molecule has 0 unspecified atom stereocenters. The Kier molecular flexibility index (Phi) is 5.83. The summed E-state index contributed by atoms with van der Waals surface area (Å²) in [6.07, 6.45) is 1.41. The van der Waals surface area contributed by atoms with Gasteiger partial charge in [0.05, 0.1) is 23.1 Å². The van der Waals surface area contributed by atoms with E-state index in [0.29, 0.717) is 52.1 Å². The van der Waals surface area contributed by atoms with E-state index in [1.54, 1.807) is 59.2 Å². The van der Waals surface area contributed by atoms with E-state index in [1.165, 1.54) is 6.20 Å². The largest absolute Gasteiger partial charge is 0.494 e. The highest BCUT2D eigenvalue weighted by atomic mass is 16.7. The molecular weight excluding hydrogens is 492 g/mol. The molecule has 0 fully saturated rings. The Bertz CT molecular complexity index is 1640. The molecule has 10 heteroatoms. The molecule has 1 N–H and O–H groups in total. The first kappa shape index (κ1) is 23.4. The molecule has 192 valence electrons. The van der Waals surface area contributed by atoms with Crippen LogP contribution in [0.25, 0.3) is 10.9 Å². The van der Waals surface area contributed by atoms with Crippen LogP contribution in [0.5, 0.6) is 28.7 Å². The molecule has 2 aliphatic rings. The van der Waals surface area contributed by atoms with Gasteiger partial charge in [-0.15, -0.1) is 0 Å². The third-order valence-corrected chi connectivity index (χ3v) is 6.22. The fraction of sp³-hybridized carbons (Fsp3) is 0.179. The molecule has 38 heavy (non-hydrogen) atoms. The van der Waals surface area contributed by atoms with Crippen molar-refractivity contribution in [2.75, 3.05) is 25.5 Å². The highest BCUT2D eigenvalue weighted by Gasteiger charge is 2.23. The summed E-state index contributed by atoms with van der Waals surface area (Å²) in [5, 5.41) is 3.06. The summed E-state index contributed by atoms with van der Waals surface area (Å²) in [6.45, 7) is 2.33. The highest BCUT2D eigenvalue weighted by Crippen LogP contribution is 2.36. The number of ether oxygens (including phenoxy) is 5. The fourth-order valence-electron chi connectivity index (χ4n) is 4.43. The van der Waals surface area contributed by atoms with Gasteiger partial charge in [-0.05, 0) is 49.4 Å². The first-order chi connectivity index (χ1) is 18.5. The number of aromatic nitrogens is 1. The Labute approximate surface area is 216 Å². The summed E-state index contributed by atoms with van der Waals surface area (Å²) >= 11 is 0. The van der Waals surface area contributed by atoms with Crippen LogP contribution in [0.4, 0.5) is 5.69 Å². The lowest BCUT2D eigenvalue weighted by Crippen LogP contribution is -2.24. The third kappa shape index (κ3) is 4.26. The molecular formula is C28H22N2O8. The Morgan fingerprint density at radius 2 is 1.58 bits per heavy atom. The number of amides is 1.